The molecule has 3 N–H and O–H groups in total. The lowest BCUT2D eigenvalue weighted by Crippen LogP contribution is -2.47. The van der Waals surface area contributed by atoms with E-state index in [1.807, 2.05) is 29.9 Å². The number of fused-ring (bicyclic) bond motifs is 4. The molecule has 2 bridgehead atoms. The lowest BCUT2D eigenvalue weighted by molar-refractivity contribution is -0.134. The zero-order valence-electron chi connectivity index (χ0n) is 37.1. The van der Waals surface area contributed by atoms with Gasteiger partial charge in [-0.15, -0.1) is 0 Å². The summed E-state index contributed by atoms with van der Waals surface area (Å²) in [5.41, 5.74) is 3.37. The highest BCUT2D eigenvalue weighted by molar-refractivity contribution is 6.08. The Morgan fingerprint density at radius 3 is 2.57 bits per heavy atom. The van der Waals surface area contributed by atoms with E-state index in [9.17, 15) is 23.2 Å². The number of amides is 3. The van der Waals surface area contributed by atoms with Crippen molar-refractivity contribution >= 4 is 51.5 Å². The third-order valence-corrected chi connectivity index (χ3v) is 15.9. The minimum atomic E-state index is -2.84. The van der Waals surface area contributed by atoms with Crippen molar-refractivity contribution < 1.29 is 27.9 Å². The Labute approximate surface area is 375 Å². The topological polar surface area (TPSA) is 169 Å². The molecule has 344 valence electrons. The van der Waals surface area contributed by atoms with Gasteiger partial charge in [0.1, 0.15) is 11.4 Å². The molecule has 7 heterocycles. The number of piperidine rings is 1. The molecule has 5 aromatic rings. The lowest BCUT2D eigenvalue weighted by atomic mass is 9.55. The summed E-state index contributed by atoms with van der Waals surface area (Å²) in [6.45, 7) is 3.34. The van der Waals surface area contributed by atoms with Crippen LogP contribution in [-0.4, -0.2) is 108 Å². The van der Waals surface area contributed by atoms with Crippen LogP contribution in [0.4, 0.5) is 26.0 Å². The van der Waals surface area contributed by atoms with Gasteiger partial charge in [0.05, 0.1) is 59.5 Å². The summed E-state index contributed by atoms with van der Waals surface area (Å²) >= 11 is 0. The van der Waals surface area contributed by atoms with Gasteiger partial charge in [-0.25, -0.2) is 18.3 Å². The molecule has 4 aromatic heterocycles. The second-order valence-corrected chi connectivity index (χ2v) is 20.0. The molecule has 0 radical (unpaired) electrons. The predicted molar refractivity (Wildman–Crippen MR) is 239 cm³/mol. The fourth-order valence-electron chi connectivity index (χ4n) is 12.4. The molecule has 18 heteroatoms. The van der Waals surface area contributed by atoms with Crippen molar-refractivity contribution in [2.45, 2.75) is 120 Å². The number of nitrogens with one attached hydrogen (secondary N) is 3. The minimum Gasteiger partial charge on any atom is -0.383 e. The highest BCUT2D eigenvalue weighted by Crippen LogP contribution is 2.55. The van der Waals surface area contributed by atoms with Gasteiger partial charge < -0.3 is 25.2 Å². The summed E-state index contributed by atoms with van der Waals surface area (Å²) in [6.07, 6.45) is 15.0. The molecular formula is C47H58F2N12O4. The highest BCUT2D eigenvalue weighted by atomic mass is 19.3. The van der Waals surface area contributed by atoms with Crippen molar-refractivity contribution in [2.75, 3.05) is 48.8 Å². The maximum Gasteiger partial charge on any atom is 0.284 e. The number of alkyl halides is 2. The molecular weight excluding hydrogens is 835 g/mol. The Hall–Kier alpha value is -5.49. The van der Waals surface area contributed by atoms with Crippen LogP contribution in [0.15, 0.2) is 42.9 Å². The van der Waals surface area contributed by atoms with Crippen LogP contribution in [0.2, 0.25) is 0 Å². The van der Waals surface area contributed by atoms with Gasteiger partial charge >= 0.3 is 0 Å². The summed E-state index contributed by atoms with van der Waals surface area (Å²) in [5.74, 6) is 0.440. The number of carbonyl (C=O) groups excluding carboxylic acids is 3. The van der Waals surface area contributed by atoms with E-state index >= 15 is 0 Å². The third-order valence-electron chi connectivity index (χ3n) is 15.9. The molecule has 1 spiro atoms. The molecule has 3 aliphatic heterocycles. The number of halogens is 2. The minimum absolute atomic E-state index is 0.0105. The monoisotopic (exact) mass is 892 g/mol. The number of ether oxygens (including phenoxy) is 1. The number of rotatable bonds is 12. The molecule has 6 aliphatic rings. The first-order valence-corrected chi connectivity index (χ1v) is 23.6. The van der Waals surface area contributed by atoms with Crippen molar-refractivity contribution in [1.29, 1.82) is 0 Å². The molecule has 6 fully saturated rings. The first-order chi connectivity index (χ1) is 31.5. The quantitative estimate of drug-likeness (QED) is 0.115. The van der Waals surface area contributed by atoms with Crippen LogP contribution in [0, 0.1) is 17.3 Å². The predicted octanol–water partition coefficient (Wildman–Crippen LogP) is 6.61. The Morgan fingerprint density at radius 2 is 1.83 bits per heavy atom. The first-order valence-electron chi connectivity index (χ1n) is 23.6. The number of aryl methyl sites for hydroxylation is 1. The fraction of sp³-hybridized carbons (Fsp3) is 0.596. The number of nitrogens with zero attached hydrogens (tertiary/aromatic N) is 9. The molecule has 1 unspecified atom stereocenters. The van der Waals surface area contributed by atoms with Crippen LogP contribution in [0.5, 0.6) is 0 Å². The van der Waals surface area contributed by atoms with Crippen LogP contribution in [0.3, 0.4) is 0 Å². The maximum absolute atomic E-state index is 14.4. The molecule has 3 amide bonds. The summed E-state index contributed by atoms with van der Waals surface area (Å²) in [6, 6.07) is 8.82. The highest BCUT2D eigenvalue weighted by Gasteiger charge is 2.46. The van der Waals surface area contributed by atoms with Crippen LogP contribution in [0.25, 0.3) is 16.6 Å². The van der Waals surface area contributed by atoms with Crippen molar-refractivity contribution in [3.63, 3.8) is 0 Å². The van der Waals surface area contributed by atoms with Crippen LogP contribution < -0.4 is 20.9 Å². The molecule has 3 saturated carbocycles. The van der Waals surface area contributed by atoms with Gasteiger partial charge in [-0.3, -0.25) is 29.1 Å². The SMILES string of the molecule is CN(CC1CCC(n2cc(NC(=O)c3cnn4ccc(N5C[C@H]6C[C@@H]5CO6)nc34)c(C(F)F)n2)CC1)C1CCC2(CC1)CC(CNc1cccc3c(C4CCC(=O)NC4=O)nn(C)c13)C2. The average Bonchev–Trinajstić information content (AvgIpc) is 4.15. The number of morpholine rings is 1. The van der Waals surface area contributed by atoms with Crippen molar-refractivity contribution in [3.8, 4) is 0 Å². The molecule has 16 nitrogen and oxygen atoms in total. The summed E-state index contributed by atoms with van der Waals surface area (Å²) < 4.78 is 39.5. The van der Waals surface area contributed by atoms with E-state index in [0.717, 1.165) is 79.8 Å². The van der Waals surface area contributed by atoms with Crippen LogP contribution >= 0.6 is 0 Å². The summed E-state index contributed by atoms with van der Waals surface area (Å²) in [4.78, 5) is 47.5. The molecule has 3 atom stereocenters. The Morgan fingerprint density at radius 1 is 1.02 bits per heavy atom. The second-order valence-electron chi connectivity index (χ2n) is 20.0. The largest absolute Gasteiger partial charge is 0.383 e. The number of anilines is 3. The van der Waals surface area contributed by atoms with Crippen LogP contribution in [-0.2, 0) is 21.4 Å². The number of hydrogen-bond donors (Lipinski definition) is 3. The third kappa shape index (κ3) is 7.93. The zero-order chi connectivity index (χ0) is 44.6. The van der Waals surface area contributed by atoms with Gasteiger partial charge in [0.2, 0.25) is 11.8 Å². The van der Waals surface area contributed by atoms with Crippen LogP contribution in [0.1, 0.15) is 124 Å². The van der Waals surface area contributed by atoms with Gasteiger partial charge in [-0.2, -0.15) is 15.3 Å². The average molecular weight is 893 g/mol. The molecule has 3 aliphatic carbocycles. The van der Waals surface area contributed by atoms with Gasteiger partial charge in [0.15, 0.2) is 11.3 Å². The zero-order valence-corrected chi connectivity index (χ0v) is 37.1. The van der Waals surface area contributed by atoms with Crippen molar-refractivity contribution in [3.05, 3.63) is 59.8 Å². The van der Waals surface area contributed by atoms with E-state index in [2.05, 4.69) is 49.1 Å². The van der Waals surface area contributed by atoms with Gasteiger partial charge in [-0.1, -0.05) is 12.1 Å². The van der Waals surface area contributed by atoms with Crippen molar-refractivity contribution in [2.24, 2.45) is 24.3 Å². The lowest BCUT2D eigenvalue weighted by Gasteiger charge is -2.53. The van der Waals surface area contributed by atoms with E-state index in [1.165, 1.54) is 49.2 Å². The van der Waals surface area contributed by atoms with Gasteiger partial charge in [-0.05, 0) is 113 Å². The number of aromatic nitrogens is 7. The molecule has 3 saturated heterocycles. The molecule has 11 rings (SSSR count). The van der Waals surface area contributed by atoms with E-state index in [1.54, 1.807) is 17.1 Å². The second kappa shape index (κ2) is 16.7. The van der Waals surface area contributed by atoms with E-state index in [0.29, 0.717) is 48.4 Å². The number of benzene rings is 1. The number of para-hydroxylation sites is 1. The summed E-state index contributed by atoms with van der Waals surface area (Å²) in [7, 11) is 4.19. The van der Waals surface area contributed by atoms with E-state index < -0.39 is 23.9 Å². The molecule has 65 heavy (non-hydrogen) atoms. The number of imide groups is 1. The standard InChI is InChI=1S/C47H58F2N12O4/c1-57(29-12-15-47(16-13-29)19-28(20-47)21-50-36-5-3-4-33-40(55-58(2)42(33)36)34-10-11-39(62)54-45(34)63)23-27-6-8-30(9-7-27)61-25-37(41(56-61)43(48)49)52-46(64)35-22-51-60-17-14-38(53-44(35)60)59-24-32-18-31(59)26-65-32/h3-5,14,17,22,25,27-32,34,43,50H,6-13,15-16,18-21,23-24,26H2,1-2H3,(H,52,64)(H,54,62,63)/t27?,28?,29?,30?,31-,32-,34?,47?/m1/s1. The van der Waals surface area contributed by atoms with Gasteiger partial charge in [0.25, 0.3) is 12.3 Å². The van der Waals surface area contributed by atoms with Gasteiger partial charge in [0, 0.05) is 56.9 Å². The Balaban J connectivity index is 0.644. The maximum atomic E-state index is 14.4. The smallest absolute Gasteiger partial charge is 0.284 e. The normalized spacial score (nSPS) is 29.1. The number of hydrogen-bond acceptors (Lipinski definition) is 11. The first kappa shape index (κ1) is 42.2. The molecule has 1 aromatic carbocycles. The van der Waals surface area contributed by atoms with E-state index in [4.69, 9.17) is 14.8 Å². The summed E-state index contributed by atoms with van der Waals surface area (Å²) in [5, 5.41) is 23.3. The Kier molecular flexibility index (Phi) is 10.9. The fourth-order valence-corrected chi connectivity index (χ4v) is 12.4. The Bertz CT molecular complexity index is 2620. The number of carbonyl (C=O) groups is 3. The van der Waals surface area contributed by atoms with E-state index in [-0.39, 0.29) is 41.3 Å². The van der Waals surface area contributed by atoms with Crippen molar-refractivity contribution in [1.82, 2.24) is 44.4 Å².